The molecule has 0 heterocycles. The molecule has 0 aliphatic carbocycles. The topological polar surface area (TPSA) is 60.2 Å². The molecule has 0 fully saturated rings. The van der Waals surface area contributed by atoms with Gasteiger partial charge in [-0.05, 0) is 18.6 Å². The zero-order chi connectivity index (χ0) is 12.2. The zero-order valence-electron chi connectivity index (χ0n) is 9.76. The van der Waals surface area contributed by atoms with Crippen molar-refractivity contribution in [3.05, 3.63) is 0 Å². The molecule has 0 aromatic heterocycles. The summed E-state index contributed by atoms with van der Waals surface area (Å²) in [5, 5.41) is 0.260. The smallest absolute Gasteiger partial charge is 0.132 e. The van der Waals surface area contributed by atoms with Gasteiger partial charge in [-0.2, -0.15) is 23.5 Å². The fourth-order valence-corrected chi connectivity index (χ4v) is 3.40. The van der Waals surface area contributed by atoms with Crippen molar-refractivity contribution in [1.82, 2.24) is 0 Å². The van der Waals surface area contributed by atoms with Crippen molar-refractivity contribution in [3.8, 4) is 0 Å². The van der Waals surface area contributed by atoms with Crippen LogP contribution in [0.25, 0.3) is 0 Å². The van der Waals surface area contributed by atoms with E-state index in [0.717, 1.165) is 36.9 Å². The summed E-state index contributed by atoms with van der Waals surface area (Å²) in [5.41, 5.74) is 5.43. The Morgan fingerprint density at radius 1 is 1.25 bits per heavy atom. The highest BCUT2D eigenvalue weighted by atomic mass is 32.2. The molecule has 0 amide bonds. The minimum Gasteiger partial charge on any atom is -0.330 e. The third-order valence-corrected chi connectivity index (χ3v) is 4.72. The number of hydrogen-bond acceptors (Lipinski definition) is 5. The Labute approximate surface area is 106 Å². The first-order valence-corrected chi connectivity index (χ1v) is 7.70. The van der Waals surface area contributed by atoms with Crippen LogP contribution in [0, 0.1) is 0 Å². The Kier molecular flexibility index (Phi) is 11.5. The van der Waals surface area contributed by atoms with E-state index < -0.39 is 0 Å². The van der Waals surface area contributed by atoms with Crippen LogP contribution in [0.3, 0.4) is 0 Å². The summed E-state index contributed by atoms with van der Waals surface area (Å²) >= 11 is 3.38. The Bertz CT molecular complexity index is 191. The van der Waals surface area contributed by atoms with E-state index in [4.69, 9.17) is 5.73 Å². The fourth-order valence-electron chi connectivity index (χ4n) is 1.27. The highest BCUT2D eigenvalue weighted by molar-refractivity contribution is 8.01. The van der Waals surface area contributed by atoms with Crippen LogP contribution < -0.4 is 5.73 Å². The maximum absolute atomic E-state index is 10.9. The summed E-state index contributed by atoms with van der Waals surface area (Å²) in [6.45, 7) is 2.72. The third kappa shape index (κ3) is 8.19. The van der Waals surface area contributed by atoms with Crippen LogP contribution in [0.15, 0.2) is 0 Å². The molecule has 0 aliphatic rings. The first kappa shape index (κ1) is 16.0. The van der Waals surface area contributed by atoms with Gasteiger partial charge in [0, 0.05) is 24.0 Å². The van der Waals surface area contributed by atoms with Gasteiger partial charge in [-0.25, -0.2) is 0 Å². The summed E-state index contributed by atoms with van der Waals surface area (Å²) in [6.07, 6.45) is 4.30. The molecule has 0 bridgehead atoms. The summed E-state index contributed by atoms with van der Waals surface area (Å²) in [7, 11) is 0. The van der Waals surface area contributed by atoms with E-state index >= 15 is 0 Å². The summed E-state index contributed by atoms with van der Waals surface area (Å²) in [4.78, 5) is 21.4. The van der Waals surface area contributed by atoms with Gasteiger partial charge in [-0.3, -0.25) is 0 Å². The molecule has 2 N–H and O–H groups in total. The standard InChI is InChI=1S/C11H21NO2S2/c1-2-6-15-11(9-14)8-10(3-5-13)16-7-4-12/h5,9-11H,2-4,6-8,12H2,1H3. The number of rotatable bonds is 11. The van der Waals surface area contributed by atoms with E-state index in [1.165, 1.54) is 0 Å². The van der Waals surface area contributed by atoms with Crippen LogP contribution in [0.1, 0.15) is 26.2 Å². The molecule has 0 aromatic carbocycles. The molecule has 2 atom stereocenters. The van der Waals surface area contributed by atoms with Gasteiger partial charge >= 0.3 is 0 Å². The monoisotopic (exact) mass is 263 g/mol. The molecule has 94 valence electrons. The zero-order valence-corrected chi connectivity index (χ0v) is 11.4. The minimum absolute atomic E-state index is 0.0233. The number of carbonyl (C=O) groups excluding carboxylic acids is 2. The van der Waals surface area contributed by atoms with Crippen molar-refractivity contribution in [2.45, 2.75) is 36.7 Å². The van der Waals surface area contributed by atoms with E-state index in [1.807, 2.05) is 0 Å². The molecule has 3 nitrogen and oxygen atoms in total. The second kappa shape index (κ2) is 11.5. The first-order valence-electron chi connectivity index (χ1n) is 5.60. The molecule has 5 heteroatoms. The molecule has 0 aliphatic heterocycles. The van der Waals surface area contributed by atoms with Gasteiger partial charge in [-0.15, -0.1) is 0 Å². The van der Waals surface area contributed by atoms with Gasteiger partial charge < -0.3 is 15.3 Å². The van der Waals surface area contributed by atoms with Crippen molar-refractivity contribution in [2.24, 2.45) is 5.73 Å². The number of carbonyl (C=O) groups is 2. The molecule has 0 aromatic rings. The third-order valence-electron chi connectivity index (χ3n) is 2.01. The Balaban J connectivity index is 3.99. The van der Waals surface area contributed by atoms with Gasteiger partial charge in [0.1, 0.15) is 12.6 Å². The maximum Gasteiger partial charge on any atom is 0.132 e. The van der Waals surface area contributed by atoms with Crippen molar-refractivity contribution in [1.29, 1.82) is 0 Å². The lowest BCUT2D eigenvalue weighted by molar-refractivity contribution is -0.109. The molecule has 16 heavy (non-hydrogen) atoms. The largest absolute Gasteiger partial charge is 0.330 e. The van der Waals surface area contributed by atoms with Crippen LogP contribution in [-0.4, -0.2) is 41.1 Å². The van der Waals surface area contributed by atoms with Gasteiger partial charge in [0.25, 0.3) is 0 Å². The first-order chi connectivity index (χ1) is 7.78. The van der Waals surface area contributed by atoms with E-state index in [9.17, 15) is 9.59 Å². The quantitative estimate of drug-likeness (QED) is 0.575. The average molecular weight is 263 g/mol. The predicted molar refractivity (Wildman–Crippen MR) is 73.2 cm³/mol. The molecule has 0 spiro atoms. The highest BCUT2D eigenvalue weighted by Crippen LogP contribution is 2.24. The minimum atomic E-state index is 0.0233. The second-order valence-corrected chi connectivity index (χ2v) is 6.22. The van der Waals surface area contributed by atoms with Gasteiger partial charge in [0.2, 0.25) is 0 Å². The lowest BCUT2D eigenvalue weighted by Crippen LogP contribution is -2.17. The van der Waals surface area contributed by atoms with Crippen LogP contribution in [0.4, 0.5) is 0 Å². The number of thioether (sulfide) groups is 2. The lowest BCUT2D eigenvalue weighted by atomic mass is 10.2. The summed E-state index contributed by atoms with van der Waals surface area (Å²) < 4.78 is 0. The van der Waals surface area contributed by atoms with E-state index in [0.29, 0.717) is 13.0 Å². The summed E-state index contributed by atoms with van der Waals surface area (Å²) in [6, 6.07) is 0. The molecular weight excluding hydrogens is 242 g/mol. The number of aldehydes is 2. The highest BCUT2D eigenvalue weighted by Gasteiger charge is 2.16. The van der Waals surface area contributed by atoms with Gasteiger partial charge in [0.15, 0.2) is 0 Å². The van der Waals surface area contributed by atoms with Crippen molar-refractivity contribution >= 4 is 36.1 Å². The Morgan fingerprint density at radius 2 is 2.00 bits per heavy atom. The Morgan fingerprint density at radius 3 is 2.50 bits per heavy atom. The second-order valence-electron chi connectivity index (χ2n) is 3.46. The van der Waals surface area contributed by atoms with Crippen molar-refractivity contribution < 1.29 is 9.59 Å². The maximum atomic E-state index is 10.9. The SMILES string of the molecule is CCCSC(C=O)CC(CC=O)SCCN. The van der Waals surface area contributed by atoms with E-state index in [-0.39, 0.29) is 10.5 Å². The molecule has 0 radical (unpaired) electrons. The molecule has 0 saturated carbocycles. The van der Waals surface area contributed by atoms with Crippen LogP contribution in [0.5, 0.6) is 0 Å². The lowest BCUT2D eigenvalue weighted by Gasteiger charge is -2.17. The van der Waals surface area contributed by atoms with Crippen LogP contribution in [0.2, 0.25) is 0 Å². The van der Waals surface area contributed by atoms with Crippen LogP contribution in [-0.2, 0) is 9.59 Å². The van der Waals surface area contributed by atoms with Crippen molar-refractivity contribution in [2.75, 3.05) is 18.1 Å². The Hall–Kier alpha value is -0.0000000000000000763. The number of hydrogen-bond donors (Lipinski definition) is 1. The molecule has 0 saturated heterocycles. The van der Waals surface area contributed by atoms with Gasteiger partial charge in [0.05, 0.1) is 5.25 Å². The van der Waals surface area contributed by atoms with Crippen LogP contribution >= 0.6 is 23.5 Å². The van der Waals surface area contributed by atoms with E-state index in [1.54, 1.807) is 23.5 Å². The van der Waals surface area contributed by atoms with E-state index in [2.05, 4.69) is 6.92 Å². The molecular formula is C11H21NO2S2. The molecule has 2 unspecified atom stereocenters. The summed E-state index contributed by atoms with van der Waals surface area (Å²) in [5.74, 6) is 1.85. The van der Waals surface area contributed by atoms with Gasteiger partial charge in [-0.1, -0.05) is 6.92 Å². The fraction of sp³-hybridized carbons (Fsp3) is 0.818. The average Bonchev–Trinajstić information content (AvgIpc) is 2.31. The normalized spacial score (nSPS) is 14.4. The van der Waals surface area contributed by atoms with Crippen molar-refractivity contribution in [3.63, 3.8) is 0 Å². The predicted octanol–water partition coefficient (Wildman–Crippen LogP) is 1.74. The number of nitrogens with two attached hydrogens (primary N) is 1. The molecule has 0 rings (SSSR count).